The first-order valence-electron chi connectivity index (χ1n) is 7.25. The second-order valence-electron chi connectivity index (χ2n) is 5.56. The topological polar surface area (TPSA) is 32.3 Å². The summed E-state index contributed by atoms with van der Waals surface area (Å²) in [5.74, 6) is -11.2. The van der Waals surface area contributed by atoms with Gasteiger partial charge in [0, 0.05) is 31.9 Å². The smallest absolute Gasteiger partial charge is 0.224 e. The largest absolute Gasteiger partial charge is 0.378 e. The molecule has 3 nitrogen and oxygen atoms in total. The van der Waals surface area contributed by atoms with Gasteiger partial charge in [-0.2, -0.15) is 0 Å². The molecule has 134 valence electrons. The molecule has 0 radical (unpaired) electrons. The molecule has 0 fully saturated rings. The van der Waals surface area contributed by atoms with Crippen molar-refractivity contribution in [3.8, 4) is 0 Å². The van der Waals surface area contributed by atoms with Crippen LogP contribution in [-0.4, -0.2) is 20.0 Å². The van der Waals surface area contributed by atoms with E-state index in [-0.39, 0.29) is 6.54 Å². The highest BCUT2D eigenvalue weighted by Crippen LogP contribution is 2.23. The normalized spacial score (nSPS) is 10.7. The number of anilines is 1. The van der Waals surface area contributed by atoms with Gasteiger partial charge in [-0.15, -0.1) is 0 Å². The van der Waals surface area contributed by atoms with Crippen molar-refractivity contribution in [3.63, 3.8) is 0 Å². The van der Waals surface area contributed by atoms with E-state index in [9.17, 15) is 26.7 Å². The van der Waals surface area contributed by atoms with Crippen LogP contribution in [0, 0.1) is 29.1 Å². The van der Waals surface area contributed by atoms with Crippen molar-refractivity contribution in [2.45, 2.75) is 13.0 Å². The van der Waals surface area contributed by atoms with E-state index in [1.165, 1.54) is 0 Å². The Kier molecular flexibility index (Phi) is 5.61. The second kappa shape index (κ2) is 7.50. The van der Waals surface area contributed by atoms with Gasteiger partial charge in [0.05, 0.1) is 6.42 Å². The predicted octanol–water partition coefficient (Wildman–Crippen LogP) is 3.31. The highest BCUT2D eigenvalue weighted by atomic mass is 19.2. The zero-order valence-electron chi connectivity index (χ0n) is 13.5. The summed E-state index contributed by atoms with van der Waals surface area (Å²) in [5.41, 5.74) is 0.504. The molecule has 1 amide bonds. The average molecular weight is 358 g/mol. The molecule has 0 saturated heterocycles. The summed E-state index contributed by atoms with van der Waals surface area (Å²) in [6, 6.07) is 7.11. The van der Waals surface area contributed by atoms with Crippen LogP contribution in [0.4, 0.5) is 27.6 Å². The first-order chi connectivity index (χ1) is 11.7. The SMILES string of the molecule is CN(C)c1ccc(CNC(=O)Cc2c(F)c(F)c(F)c(F)c2F)cc1. The molecule has 25 heavy (non-hydrogen) atoms. The molecular formula is C17H15F5N2O. The van der Waals surface area contributed by atoms with Crippen molar-refractivity contribution in [1.29, 1.82) is 0 Å². The molecule has 0 aliphatic heterocycles. The molecule has 0 aliphatic carbocycles. The number of carbonyl (C=O) groups is 1. The molecule has 2 aromatic rings. The summed E-state index contributed by atoms with van der Waals surface area (Å²) >= 11 is 0. The molecule has 2 aromatic carbocycles. The van der Waals surface area contributed by atoms with Gasteiger partial charge >= 0.3 is 0 Å². The molecule has 0 aliphatic rings. The standard InChI is InChI=1S/C17H15F5N2O/c1-24(2)10-5-3-9(4-6-10)8-23-12(25)7-11-13(18)15(20)17(22)16(21)14(11)19/h3-6H,7-8H2,1-2H3,(H,23,25). The van der Waals surface area contributed by atoms with Crippen molar-refractivity contribution >= 4 is 11.6 Å². The van der Waals surface area contributed by atoms with Crippen LogP contribution in [-0.2, 0) is 17.8 Å². The van der Waals surface area contributed by atoms with Crippen LogP contribution in [0.5, 0.6) is 0 Å². The summed E-state index contributed by atoms with van der Waals surface area (Å²) < 4.78 is 66.3. The number of benzene rings is 2. The third-order valence-electron chi connectivity index (χ3n) is 3.58. The zero-order valence-corrected chi connectivity index (χ0v) is 13.5. The van der Waals surface area contributed by atoms with E-state index in [0.717, 1.165) is 11.3 Å². The van der Waals surface area contributed by atoms with Gasteiger partial charge in [0.2, 0.25) is 11.7 Å². The fourth-order valence-corrected chi connectivity index (χ4v) is 2.14. The lowest BCUT2D eigenvalue weighted by Crippen LogP contribution is -2.26. The number of carbonyl (C=O) groups excluding carboxylic acids is 1. The predicted molar refractivity (Wildman–Crippen MR) is 82.6 cm³/mol. The minimum Gasteiger partial charge on any atom is -0.378 e. The van der Waals surface area contributed by atoms with Crippen molar-refractivity contribution < 1.29 is 26.7 Å². The maximum absolute atomic E-state index is 13.5. The Morgan fingerprint density at radius 1 is 0.880 bits per heavy atom. The minimum atomic E-state index is -2.25. The molecule has 0 bridgehead atoms. The highest BCUT2D eigenvalue weighted by molar-refractivity contribution is 5.78. The van der Waals surface area contributed by atoms with Crippen molar-refractivity contribution in [2.75, 3.05) is 19.0 Å². The fraction of sp³-hybridized carbons (Fsp3) is 0.235. The minimum absolute atomic E-state index is 0.0575. The van der Waals surface area contributed by atoms with Gasteiger partial charge in [-0.1, -0.05) is 12.1 Å². The van der Waals surface area contributed by atoms with Gasteiger partial charge < -0.3 is 10.2 Å². The number of rotatable bonds is 5. The lowest BCUT2D eigenvalue weighted by atomic mass is 10.1. The quantitative estimate of drug-likeness (QED) is 0.505. The maximum atomic E-state index is 13.5. The first kappa shape index (κ1) is 18.7. The Morgan fingerprint density at radius 2 is 1.36 bits per heavy atom. The van der Waals surface area contributed by atoms with E-state index in [2.05, 4.69) is 5.32 Å². The van der Waals surface area contributed by atoms with Crippen LogP contribution in [0.1, 0.15) is 11.1 Å². The van der Waals surface area contributed by atoms with E-state index in [1.807, 2.05) is 31.1 Å². The Morgan fingerprint density at radius 3 is 1.84 bits per heavy atom. The Bertz CT molecular complexity index is 762. The van der Waals surface area contributed by atoms with Crippen LogP contribution in [0.25, 0.3) is 0 Å². The van der Waals surface area contributed by atoms with Crippen LogP contribution in [0.3, 0.4) is 0 Å². The third-order valence-corrected chi connectivity index (χ3v) is 3.58. The molecule has 1 N–H and O–H groups in total. The van der Waals surface area contributed by atoms with Gasteiger partial charge in [-0.3, -0.25) is 4.79 Å². The van der Waals surface area contributed by atoms with Crippen LogP contribution in [0.2, 0.25) is 0 Å². The van der Waals surface area contributed by atoms with Crippen molar-refractivity contribution in [1.82, 2.24) is 5.32 Å². The molecular weight excluding hydrogens is 343 g/mol. The van der Waals surface area contributed by atoms with Crippen LogP contribution < -0.4 is 10.2 Å². The second-order valence-corrected chi connectivity index (χ2v) is 5.56. The third kappa shape index (κ3) is 4.07. The lowest BCUT2D eigenvalue weighted by Gasteiger charge is -2.13. The summed E-state index contributed by atoms with van der Waals surface area (Å²) in [5, 5.41) is 2.38. The van der Waals surface area contributed by atoms with E-state index in [4.69, 9.17) is 0 Å². The number of hydrogen-bond donors (Lipinski definition) is 1. The van der Waals surface area contributed by atoms with E-state index in [1.54, 1.807) is 12.1 Å². The molecule has 0 aromatic heterocycles. The monoisotopic (exact) mass is 358 g/mol. The Balaban J connectivity index is 2.06. The summed E-state index contributed by atoms with van der Waals surface area (Å²) in [6.07, 6.45) is -0.957. The lowest BCUT2D eigenvalue weighted by molar-refractivity contribution is -0.120. The summed E-state index contributed by atoms with van der Waals surface area (Å²) in [7, 11) is 3.72. The van der Waals surface area contributed by atoms with E-state index in [0.29, 0.717) is 0 Å². The number of amides is 1. The highest BCUT2D eigenvalue weighted by Gasteiger charge is 2.26. The first-order valence-corrected chi connectivity index (χ1v) is 7.25. The molecule has 8 heteroatoms. The fourth-order valence-electron chi connectivity index (χ4n) is 2.14. The number of nitrogens with zero attached hydrogens (tertiary/aromatic N) is 1. The van der Waals surface area contributed by atoms with E-state index >= 15 is 0 Å². The van der Waals surface area contributed by atoms with Gasteiger partial charge in [0.25, 0.3) is 0 Å². The van der Waals surface area contributed by atoms with Gasteiger partial charge in [0.1, 0.15) is 0 Å². The van der Waals surface area contributed by atoms with Crippen LogP contribution in [0.15, 0.2) is 24.3 Å². The molecule has 0 heterocycles. The van der Waals surface area contributed by atoms with Gasteiger partial charge in [-0.25, -0.2) is 22.0 Å². The number of halogens is 5. The van der Waals surface area contributed by atoms with Gasteiger partial charge in [-0.05, 0) is 17.7 Å². The zero-order chi connectivity index (χ0) is 18.7. The Labute approximate surface area is 141 Å². The molecule has 0 spiro atoms. The van der Waals surface area contributed by atoms with Crippen molar-refractivity contribution in [3.05, 3.63) is 64.5 Å². The maximum Gasteiger partial charge on any atom is 0.224 e. The molecule has 0 unspecified atom stereocenters. The van der Waals surface area contributed by atoms with E-state index < -0.39 is 47.0 Å². The molecule has 0 atom stereocenters. The summed E-state index contributed by atoms with van der Waals surface area (Å²) in [6.45, 7) is 0.0575. The summed E-state index contributed by atoms with van der Waals surface area (Å²) in [4.78, 5) is 13.7. The Hall–Kier alpha value is -2.64. The van der Waals surface area contributed by atoms with Crippen molar-refractivity contribution in [2.24, 2.45) is 0 Å². The average Bonchev–Trinajstić information content (AvgIpc) is 2.60. The molecule has 0 saturated carbocycles. The van der Waals surface area contributed by atoms with Crippen LogP contribution >= 0.6 is 0 Å². The number of hydrogen-bond acceptors (Lipinski definition) is 2. The van der Waals surface area contributed by atoms with Gasteiger partial charge in [0.15, 0.2) is 23.3 Å². The molecule has 2 rings (SSSR count). The number of nitrogens with one attached hydrogen (secondary N) is 1.